The van der Waals surface area contributed by atoms with Gasteiger partial charge in [-0.3, -0.25) is 10.1 Å². The lowest BCUT2D eigenvalue weighted by Crippen LogP contribution is -2.47. The molecule has 1 aliphatic carbocycles. The lowest BCUT2D eigenvalue weighted by molar-refractivity contribution is -0.385. The highest BCUT2D eigenvalue weighted by Gasteiger charge is 2.28. The topological polar surface area (TPSA) is 101 Å². The number of nitrogens with two attached hydrogens (primary N) is 1. The Morgan fingerprint density at radius 1 is 1.23 bits per heavy atom. The molecule has 0 amide bonds. The Morgan fingerprint density at radius 2 is 1.96 bits per heavy atom. The van der Waals surface area contributed by atoms with E-state index in [0.717, 1.165) is 50.5 Å². The Kier molecular flexibility index (Phi) is 4.10. The van der Waals surface area contributed by atoms with Crippen LogP contribution in [-0.2, 0) is 6.42 Å². The highest BCUT2D eigenvalue weighted by Crippen LogP contribution is 2.37. The zero-order chi connectivity index (χ0) is 18.3. The molecule has 2 heterocycles. The van der Waals surface area contributed by atoms with Crippen molar-refractivity contribution in [2.75, 3.05) is 41.7 Å². The van der Waals surface area contributed by atoms with Gasteiger partial charge in [0, 0.05) is 43.5 Å². The summed E-state index contributed by atoms with van der Waals surface area (Å²) in [6.07, 6.45) is 3.83. The number of nitro groups is 1. The van der Waals surface area contributed by atoms with E-state index in [1.54, 1.807) is 12.4 Å². The number of aryl methyl sites for hydroxylation is 1. The van der Waals surface area contributed by atoms with Gasteiger partial charge in [-0.05, 0) is 24.8 Å². The highest BCUT2D eigenvalue weighted by molar-refractivity contribution is 5.70. The Bertz CT molecular complexity index is 848. The van der Waals surface area contributed by atoms with E-state index in [1.807, 2.05) is 0 Å². The monoisotopic (exact) mass is 353 g/mol. The van der Waals surface area contributed by atoms with Gasteiger partial charge in [0.2, 0.25) is 0 Å². The number of nitrogen functional groups attached to an aromatic ring is 1. The number of rotatable bonds is 3. The fraction of sp³-hybridized carbons (Fsp3) is 0.444. The van der Waals surface area contributed by atoms with Crippen LogP contribution in [0.15, 0.2) is 18.5 Å². The Hall–Kier alpha value is -2.90. The molecule has 1 radical (unpaired) electrons. The normalized spacial score (nSPS) is 19.5. The molecule has 2 aromatic rings. The standard InChI is InChI=1S/C18H21N6O2/c1-12-2-4-15-17(12)18(21-11-20-15)23-8-6-22(7-9-23)16-5-3-13(24(25)26)10-14(16)19/h3,5,11-12H,2,4,6-9,19H2,1H3/t12-/m1/s1. The Labute approximate surface area is 151 Å². The van der Waals surface area contributed by atoms with Gasteiger partial charge in [0.15, 0.2) is 0 Å². The number of nitro benzene ring substituents is 1. The first-order chi connectivity index (χ1) is 12.5. The van der Waals surface area contributed by atoms with Gasteiger partial charge < -0.3 is 15.5 Å². The van der Waals surface area contributed by atoms with Crippen molar-refractivity contribution in [1.82, 2.24) is 9.97 Å². The molecule has 1 aliphatic heterocycles. The number of fused-ring (bicyclic) bond motifs is 1. The van der Waals surface area contributed by atoms with E-state index in [2.05, 4.69) is 32.8 Å². The fourth-order valence-corrected chi connectivity index (χ4v) is 3.91. The number of piperazine rings is 1. The second-order valence-corrected chi connectivity index (χ2v) is 6.87. The van der Waals surface area contributed by atoms with E-state index >= 15 is 0 Å². The van der Waals surface area contributed by atoms with Crippen molar-refractivity contribution in [2.45, 2.75) is 25.7 Å². The summed E-state index contributed by atoms with van der Waals surface area (Å²) in [7, 11) is 0. The third-order valence-corrected chi connectivity index (χ3v) is 5.31. The quantitative estimate of drug-likeness (QED) is 0.512. The molecule has 1 aromatic heterocycles. The lowest BCUT2D eigenvalue weighted by atomic mass is 10.1. The van der Waals surface area contributed by atoms with Crippen molar-refractivity contribution in [2.24, 2.45) is 0 Å². The molecule has 0 saturated carbocycles. The van der Waals surface area contributed by atoms with E-state index in [0.29, 0.717) is 11.6 Å². The summed E-state index contributed by atoms with van der Waals surface area (Å²) in [5, 5.41) is 10.8. The zero-order valence-corrected chi connectivity index (χ0v) is 14.7. The first-order valence-electron chi connectivity index (χ1n) is 8.84. The summed E-state index contributed by atoms with van der Waals surface area (Å²) < 4.78 is 0. The van der Waals surface area contributed by atoms with Gasteiger partial charge in [-0.2, -0.15) is 0 Å². The average Bonchev–Trinajstić information content (AvgIpc) is 3.03. The van der Waals surface area contributed by atoms with Crippen LogP contribution in [0.4, 0.5) is 22.9 Å². The number of benzene rings is 1. The maximum Gasteiger partial charge on any atom is 0.279 e. The average molecular weight is 353 g/mol. The van der Waals surface area contributed by atoms with Crippen molar-refractivity contribution < 1.29 is 4.92 Å². The molecule has 0 bridgehead atoms. The molecule has 0 spiro atoms. The van der Waals surface area contributed by atoms with Gasteiger partial charge in [-0.1, -0.05) is 6.92 Å². The van der Waals surface area contributed by atoms with Crippen LogP contribution >= 0.6 is 0 Å². The SMILES string of the molecule is C[C@@H]1CCc2ncnc(N3CCN(c4ccc([N+](=O)[O-])[c]c4N)CC3)c21. The number of non-ortho nitro benzene ring substituents is 1. The van der Waals surface area contributed by atoms with Crippen LogP contribution in [-0.4, -0.2) is 41.1 Å². The smallest absolute Gasteiger partial charge is 0.279 e. The summed E-state index contributed by atoms with van der Waals surface area (Å²) in [6.45, 7) is 5.45. The van der Waals surface area contributed by atoms with E-state index in [-0.39, 0.29) is 5.69 Å². The Morgan fingerprint density at radius 3 is 2.65 bits per heavy atom. The molecule has 1 saturated heterocycles. The maximum absolute atomic E-state index is 10.8. The molecule has 2 aliphatic rings. The van der Waals surface area contributed by atoms with Crippen LogP contribution < -0.4 is 15.5 Å². The molecule has 4 rings (SSSR count). The molecule has 8 nitrogen and oxygen atoms in total. The first kappa shape index (κ1) is 16.6. The lowest BCUT2D eigenvalue weighted by Gasteiger charge is -2.38. The summed E-state index contributed by atoms with van der Waals surface area (Å²) in [5.41, 5.74) is 9.49. The van der Waals surface area contributed by atoms with E-state index < -0.39 is 4.92 Å². The second kappa shape index (κ2) is 6.44. The first-order valence-corrected chi connectivity index (χ1v) is 8.84. The van der Waals surface area contributed by atoms with Crippen LogP contribution in [0.25, 0.3) is 0 Å². The molecular weight excluding hydrogens is 332 g/mol. The second-order valence-electron chi connectivity index (χ2n) is 6.87. The number of hydrogen-bond donors (Lipinski definition) is 1. The number of nitrogens with zero attached hydrogens (tertiary/aromatic N) is 5. The van der Waals surface area contributed by atoms with Crippen LogP contribution in [0.1, 0.15) is 30.5 Å². The molecule has 135 valence electrons. The van der Waals surface area contributed by atoms with Gasteiger partial charge >= 0.3 is 0 Å². The third kappa shape index (κ3) is 2.81. The van der Waals surface area contributed by atoms with E-state index in [4.69, 9.17) is 5.73 Å². The van der Waals surface area contributed by atoms with Crippen molar-refractivity contribution in [3.05, 3.63) is 45.9 Å². The number of hydrogen-bond acceptors (Lipinski definition) is 7. The van der Waals surface area contributed by atoms with Gasteiger partial charge in [-0.15, -0.1) is 0 Å². The largest absolute Gasteiger partial charge is 0.396 e. The minimum atomic E-state index is -0.477. The molecule has 1 aromatic carbocycles. The highest BCUT2D eigenvalue weighted by atomic mass is 16.6. The van der Waals surface area contributed by atoms with Crippen LogP contribution in [0.2, 0.25) is 0 Å². The molecule has 1 fully saturated rings. The van der Waals surface area contributed by atoms with E-state index in [1.165, 1.54) is 17.3 Å². The van der Waals surface area contributed by atoms with Crippen LogP contribution in [0.5, 0.6) is 0 Å². The predicted molar refractivity (Wildman–Crippen MR) is 99.5 cm³/mol. The molecule has 2 N–H and O–H groups in total. The van der Waals surface area contributed by atoms with Crippen molar-refractivity contribution in [3.8, 4) is 0 Å². The summed E-state index contributed by atoms with van der Waals surface area (Å²) >= 11 is 0. The summed E-state index contributed by atoms with van der Waals surface area (Å²) in [6, 6.07) is 5.83. The Balaban J connectivity index is 1.50. The fourth-order valence-electron chi connectivity index (χ4n) is 3.91. The summed E-state index contributed by atoms with van der Waals surface area (Å²) in [5.74, 6) is 1.56. The zero-order valence-electron chi connectivity index (χ0n) is 14.7. The van der Waals surface area contributed by atoms with Gasteiger partial charge in [0.1, 0.15) is 12.1 Å². The predicted octanol–water partition coefficient (Wildman–Crippen LogP) is 2.14. The number of aromatic nitrogens is 2. The van der Waals surface area contributed by atoms with Crippen LogP contribution in [0, 0.1) is 16.2 Å². The van der Waals surface area contributed by atoms with Crippen LogP contribution in [0.3, 0.4) is 0 Å². The maximum atomic E-state index is 10.8. The molecular formula is C18H21N6O2. The van der Waals surface area contributed by atoms with Crippen molar-refractivity contribution >= 4 is 22.9 Å². The third-order valence-electron chi connectivity index (χ3n) is 5.31. The van der Waals surface area contributed by atoms with Gasteiger partial charge in [-0.25, -0.2) is 9.97 Å². The summed E-state index contributed by atoms with van der Waals surface area (Å²) in [4.78, 5) is 23.8. The molecule has 0 unspecified atom stereocenters. The molecule has 26 heavy (non-hydrogen) atoms. The number of anilines is 3. The van der Waals surface area contributed by atoms with Gasteiger partial charge in [0.05, 0.1) is 22.4 Å². The van der Waals surface area contributed by atoms with E-state index in [9.17, 15) is 10.1 Å². The molecule has 1 atom stereocenters. The van der Waals surface area contributed by atoms with Crippen molar-refractivity contribution in [1.29, 1.82) is 0 Å². The minimum absolute atomic E-state index is 0.101. The minimum Gasteiger partial charge on any atom is -0.396 e. The van der Waals surface area contributed by atoms with Crippen molar-refractivity contribution in [3.63, 3.8) is 0 Å². The van der Waals surface area contributed by atoms with Gasteiger partial charge in [0.25, 0.3) is 5.69 Å². The molecule has 8 heteroatoms.